The second kappa shape index (κ2) is 6.35. The van der Waals surface area contributed by atoms with E-state index in [1.165, 1.54) is 0 Å². The molecule has 0 aromatic carbocycles. The zero-order valence-electron chi connectivity index (χ0n) is 11.5. The van der Waals surface area contributed by atoms with Crippen molar-refractivity contribution in [2.75, 3.05) is 19.6 Å². The monoisotopic (exact) mass is 296 g/mol. The van der Waals surface area contributed by atoms with Crippen LogP contribution in [0.5, 0.6) is 0 Å². The highest BCUT2D eigenvalue weighted by atomic mass is 35.5. The molecule has 0 radical (unpaired) electrons. The number of carbonyl (C=O) groups excluding carboxylic acids is 1. The molecule has 3 unspecified atom stereocenters. The number of rotatable bonds is 1. The summed E-state index contributed by atoms with van der Waals surface area (Å²) in [5, 5.41) is 2.65. The smallest absolute Gasteiger partial charge is 0.262 e. The number of hydrogen-bond donors (Lipinski definition) is 1. The number of alkyl halides is 2. The lowest BCUT2D eigenvalue weighted by Gasteiger charge is -2.25. The van der Waals surface area contributed by atoms with Gasteiger partial charge in [-0.3, -0.25) is 10.1 Å². The molecular weight excluding hydrogens is 274 g/mol. The fourth-order valence-corrected chi connectivity index (χ4v) is 3.03. The van der Waals surface area contributed by atoms with E-state index >= 15 is 0 Å². The Morgan fingerprint density at radius 2 is 2.00 bits per heavy atom. The van der Waals surface area contributed by atoms with Crippen LogP contribution < -0.4 is 5.32 Å². The summed E-state index contributed by atoms with van der Waals surface area (Å²) < 4.78 is 26.2. The predicted molar refractivity (Wildman–Crippen MR) is 72.7 cm³/mol. The van der Waals surface area contributed by atoms with Gasteiger partial charge in [0.1, 0.15) is 0 Å². The Morgan fingerprint density at radius 3 is 2.58 bits per heavy atom. The van der Waals surface area contributed by atoms with Crippen LogP contribution in [0.4, 0.5) is 8.78 Å². The standard InChI is InChI=1S/C13H22F2N2O.ClH/c1-9-3-4-17(7-10(2)5-9)12(18)11-6-13(14,15)8-16-11;/h9-11,16H,3-8H2,1-2H3;1H. The lowest BCUT2D eigenvalue weighted by atomic mass is 9.97. The number of halogens is 3. The van der Waals surface area contributed by atoms with Crippen LogP contribution in [0.3, 0.4) is 0 Å². The van der Waals surface area contributed by atoms with Gasteiger partial charge in [-0.2, -0.15) is 0 Å². The third-order valence-electron chi connectivity index (χ3n) is 3.95. The summed E-state index contributed by atoms with van der Waals surface area (Å²) in [6.45, 7) is 5.34. The predicted octanol–water partition coefficient (Wildman–Crippen LogP) is 2.30. The Balaban J connectivity index is 0.00000180. The molecule has 0 aliphatic carbocycles. The summed E-state index contributed by atoms with van der Waals surface area (Å²) in [6.07, 6.45) is 1.73. The van der Waals surface area contributed by atoms with E-state index < -0.39 is 12.0 Å². The zero-order chi connectivity index (χ0) is 13.3. The van der Waals surface area contributed by atoms with Gasteiger partial charge in [-0.05, 0) is 24.7 Å². The van der Waals surface area contributed by atoms with Crippen molar-refractivity contribution in [1.82, 2.24) is 10.2 Å². The average molecular weight is 297 g/mol. The molecule has 19 heavy (non-hydrogen) atoms. The first-order valence-electron chi connectivity index (χ1n) is 6.77. The minimum absolute atomic E-state index is 0. The fraction of sp³-hybridized carbons (Fsp3) is 0.923. The van der Waals surface area contributed by atoms with Gasteiger partial charge in [-0.1, -0.05) is 13.8 Å². The molecule has 2 saturated heterocycles. The second-order valence-electron chi connectivity index (χ2n) is 6.01. The molecule has 2 rings (SSSR count). The maximum absolute atomic E-state index is 13.1. The van der Waals surface area contributed by atoms with Crippen molar-refractivity contribution in [1.29, 1.82) is 0 Å². The number of hydrogen-bond acceptors (Lipinski definition) is 2. The van der Waals surface area contributed by atoms with Crippen molar-refractivity contribution >= 4 is 18.3 Å². The molecule has 0 aromatic heterocycles. The molecule has 3 nitrogen and oxygen atoms in total. The maximum atomic E-state index is 13.1. The van der Waals surface area contributed by atoms with Gasteiger partial charge in [-0.25, -0.2) is 8.78 Å². The van der Waals surface area contributed by atoms with Gasteiger partial charge in [0.25, 0.3) is 5.92 Å². The summed E-state index contributed by atoms with van der Waals surface area (Å²) in [4.78, 5) is 14.0. The molecule has 0 aromatic rings. The number of amides is 1. The fourth-order valence-electron chi connectivity index (χ4n) is 3.03. The number of nitrogens with one attached hydrogen (secondary N) is 1. The van der Waals surface area contributed by atoms with Crippen LogP contribution in [0.25, 0.3) is 0 Å². The third kappa shape index (κ3) is 4.28. The molecular formula is C13H23ClF2N2O. The van der Waals surface area contributed by atoms with Crippen LogP contribution >= 0.6 is 12.4 Å². The van der Waals surface area contributed by atoms with Crippen LogP contribution in [0.2, 0.25) is 0 Å². The van der Waals surface area contributed by atoms with E-state index in [4.69, 9.17) is 0 Å². The lowest BCUT2D eigenvalue weighted by Crippen LogP contribution is -2.45. The largest absolute Gasteiger partial charge is 0.341 e. The third-order valence-corrected chi connectivity index (χ3v) is 3.95. The Morgan fingerprint density at radius 1 is 1.32 bits per heavy atom. The van der Waals surface area contributed by atoms with Gasteiger partial charge >= 0.3 is 0 Å². The summed E-state index contributed by atoms with van der Waals surface area (Å²) >= 11 is 0. The van der Waals surface area contributed by atoms with Crippen molar-refractivity contribution in [3.05, 3.63) is 0 Å². The van der Waals surface area contributed by atoms with Gasteiger partial charge in [-0.15, -0.1) is 12.4 Å². The molecule has 2 fully saturated rings. The highest BCUT2D eigenvalue weighted by Gasteiger charge is 2.43. The van der Waals surface area contributed by atoms with Crippen LogP contribution in [0.15, 0.2) is 0 Å². The van der Waals surface area contributed by atoms with Gasteiger partial charge in [0.2, 0.25) is 5.91 Å². The highest BCUT2D eigenvalue weighted by molar-refractivity contribution is 5.85. The second-order valence-corrected chi connectivity index (χ2v) is 6.01. The molecule has 2 aliphatic heterocycles. The average Bonchev–Trinajstić information content (AvgIpc) is 2.54. The van der Waals surface area contributed by atoms with E-state index in [1.54, 1.807) is 4.90 Å². The van der Waals surface area contributed by atoms with Crippen LogP contribution in [0, 0.1) is 11.8 Å². The van der Waals surface area contributed by atoms with Crippen LogP contribution in [-0.4, -0.2) is 42.4 Å². The topological polar surface area (TPSA) is 32.3 Å². The van der Waals surface area contributed by atoms with E-state index in [1.807, 2.05) is 0 Å². The summed E-state index contributed by atoms with van der Waals surface area (Å²) in [7, 11) is 0. The first kappa shape index (κ1) is 16.6. The number of likely N-dealkylation sites (tertiary alicyclic amines) is 1. The SMILES string of the molecule is CC1CCN(C(=O)C2CC(F)(F)CN2)CC(C)C1.Cl. The Hall–Kier alpha value is -0.420. The molecule has 3 atom stereocenters. The molecule has 0 spiro atoms. The molecule has 2 aliphatic rings. The molecule has 0 saturated carbocycles. The highest BCUT2D eigenvalue weighted by Crippen LogP contribution is 2.27. The lowest BCUT2D eigenvalue weighted by molar-refractivity contribution is -0.134. The van der Waals surface area contributed by atoms with E-state index in [0.717, 1.165) is 12.8 Å². The summed E-state index contributed by atoms with van der Waals surface area (Å²) in [5.74, 6) is -1.82. The van der Waals surface area contributed by atoms with Crippen molar-refractivity contribution in [3.8, 4) is 0 Å². The minimum atomic E-state index is -2.73. The quantitative estimate of drug-likeness (QED) is 0.805. The van der Waals surface area contributed by atoms with Crippen molar-refractivity contribution in [2.45, 2.75) is 45.1 Å². The Bertz CT molecular complexity index is 328. The molecule has 2 heterocycles. The Kier molecular flexibility index (Phi) is 5.56. The maximum Gasteiger partial charge on any atom is 0.262 e. The van der Waals surface area contributed by atoms with Gasteiger partial charge in [0, 0.05) is 19.5 Å². The number of nitrogens with zero attached hydrogens (tertiary/aromatic N) is 1. The van der Waals surface area contributed by atoms with E-state index in [0.29, 0.717) is 24.9 Å². The van der Waals surface area contributed by atoms with Crippen molar-refractivity contribution < 1.29 is 13.6 Å². The Labute approximate surface area is 119 Å². The molecule has 112 valence electrons. The van der Waals surface area contributed by atoms with Gasteiger partial charge in [0.15, 0.2) is 0 Å². The summed E-state index contributed by atoms with van der Waals surface area (Å²) in [5.41, 5.74) is 0. The first-order chi connectivity index (χ1) is 8.37. The normalized spacial score (nSPS) is 34.5. The molecule has 6 heteroatoms. The zero-order valence-corrected chi connectivity index (χ0v) is 12.3. The van der Waals surface area contributed by atoms with E-state index in [9.17, 15) is 13.6 Å². The van der Waals surface area contributed by atoms with Gasteiger partial charge in [0.05, 0.1) is 12.6 Å². The van der Waals surface area contributed by atoms with Crippen LogP contribution in [-0.2, 0) is 4.79 Å². The molecule has 0 bridgehead atoms. The summed E-state index contributed by atoms with van der Waals surface area (Å²) in [6, 6.07) is -0.694. The number of carbonyl (C=O) groups is 1. The van der Waals surface area contributed by atoms with E-state index in [-0.39, 0.29) is 31.3 Å². The van der Waals surface area contributed by atoms with Crippen LogP contribution in [0.1, 0.15) is 33.1 Å². The van der Waals surface area contributed by atoms with Gasteiger partial charge < -0.3 is 4.90 Å². The minimum Gasteiger partial charge on any atom is -0.341 e. The van der Waals surface area contributed by atoms with E-state index in [2.05, 4.69) is 19.2 Å². The molecule has 1 amide bonds. The van der Waals surface area contributed by atoms with Crippen molar-refractivity contribution in [3.63, 3.8) is 0 Å². The molecule has 1 N–H and O–H groups in total. The first-order valence-corrected chi connectivity index (χ1v) is 6.77. The van der Waals surface area contributed by atoms with Crippen molar-refractivity contribution in [2.24, 2.45) is 11.8 Å².